The molecule has 9 atom stereocenters. The van der Waals surface area contributed by atoms with Crippen molar-refractivity contribution in [1.29, 1.82) is 0 Å². The van der Waals surface area contributed by atoms with Gasteiger partial charge in [0.2, 0.25) is 70.9 Å². The molecule has 4 aliphatic carbocycles. The highest BCUT2D eigenvalue weighted by Crippen LogP contribution is 2.39. The number of nitrogens with zero attached hydrogens (tertiary/aromatic N) is 9. The molecule has 1 spiro atoms. The van der Waals surface area contributed by atoms with E-state index in [-0.39, 0.29) is 69.1 Å². The number of carbonyl (C=O) groups excluding carboxylic acids is 12. The number of hydrogen-bond donors (Lipinski definition) is 3. The first-order chi connectivity index (χ1) is 48.8. The molecule has 1 aromatic rings. The second-order valence-corrected chi connectivity index (χ2v) is 30.8. The van der Waals surface area contributed by atoms with Crippen LogP contribution in [0.1, 0.15) is 186 Å². The lowest BCUT2D eigenvalue weighted by molar-refractivity contribution is -0.157. The number of hydrogen-bond acceptors (Lipinski definition) is 13. The quantitative estimate of drug-likeness (QED) is 0.223. The van der Waals surface area contributed by atoms with E-state index in [0.717, 1.165) is 79.7 Å². The molecule has 25 nitrogen and oxygen atoms in total. The molecule has 7 aliphatic rings. The smallest absolute Gasteiger partial charge is 0.377 e. The lowest BCUT2D eigenvalue weighted by Gasteiger charge is -2.43. The average molecular weight is 1470 g/mol. The van der Waals surface area contributed by atoms with Crippen LogP contribution in [0.4, 0.5) is 13.2 Å². The largest absolute Gasteiger partial charge is 0.417 e. The van der Waals surface area contributed by atoms with Crippen LogP contribution in [-0.2, 0) is 74.9 Å². The van der Waals surface area contributed by atoms with Gasteiger partial charge in [0.1, 0.15) is 47.8 Å². The Bertz CT molecular complexity index is 3230. The van der Waals surface area contributed by atoms with E-state index in [0.29, 0.717) is 70.9 Å². The molecule has 0 aromatic heterocycles. The normalized spacial score (nSPS) is 27.9. The molecular formula is C74H112ClF3N12O13. The molecule has 12 amide bonds. The SMILES string of the molecule is CCO[C@@H]1C[C@H]2C(=O)NC3(CCCC3)C(=O)N(C)[C@@H](C3CCCCC3)C(=O)N(C)[C@H](C(=O)N3CCCC3)CC(=O)N(C)[C@@H](C3CCC3)C(=O)N[C@@H]([C@@H](C)CC)C(=O)N(C)CC(=O)N(C)CC(=O)N(C)[C@@H](CC3CCCCC3)C(=O)N(C)CC(=O)N[C@@H](CCc3ccc(C(F)(F)F)c(Cl)c3)C(=O)N2C1. The summed E-state index contributed by atoms with van der Waals surface area (Å²) < 4.78 is 47.9. The fourth-order valence-corrected chi connectivity index (χ4v) is 16.9. The average Bonchev–Trinajstić information content (AvgIpc) is 1.72. The Balaban J connectivity index is 1.19. The summed E-state index contributed by atoms with van der Waals surface area (Å²) in [7, 11) is 10.1. The van der Waals surface area contributed by atoms with E-state index in [2.05, 4.69) is 16.0 Å². The van der Waals surface area contributed by atoms with Crippen LogP contribution >= 0.6 is 11.6 Å². The number of aryl methyl sites for hydroxylation is 1. The molecule has 0 radical (unpaired) electrons. The zero-order chi connectivity index (χ0) is 75.4. The molecule has 103 heavy (non-hydrogen) atoms. The molecule has 3 heterocycles. The highest BCUT2D eigenvalue weighted by Gasteiger charge is 2.53. The number of benzene rings is 1. The molecule has 29 heteroatoms. The van der Waals surface area contributed by atoms with Crippen LogP contribution in [0.25, 0.3) is 0 Å². The summed E-state index contributed by atoms with van der Waals surface area (Å²) in [6, 6.07) is -5.68. The van der Waals surface area contributed by atoms with Gasteiger partial charge in [-0.3, -0.25) is 57.5 Å². The fraction of sp³-hybridized carbons (Fsp3) is 0.757. The molecule has 3 aliphatic heterocycles. The van der Waals surface area contributed by atoms with Gasteiger partial charge in [0.05, 0.1) is 42.7 Å². The molecule has 8 rings (SSSR count). The van der Waals surface area contributed by atoms with Crippen LogP contribution < -0.4 is 16.0 Å². The summed E-state index contributed by atoms with van der Waals surface area (Å²) in [6.07, 6.45) is 6.55. The molecule has 0 unspecified atom stereocenters. The van der Waals surface area contributed by atoms with Gasteiger partial charge in [0.15, 0.2) is 0 Å². The van der Waals surface area contributed by atoms with E-state index < -0.39 is 179 Å². The van der Waals surface area contributed by atoms with Crippen LogP contribution in [0, 0.1) is 23.7 Å². The molecule has 0 bridgehead atoms. The second kappa shape index (κ2) is 36.3. The van der Waals surface area contributed by atoms with E-state index in [1.165, 1.54) is 84.8 Å². The van der Waals surface area contributed by atoms with Gasteiger partial charge in [-0.25, -0.2) is 0 Å². The maximum atomic E-state index is 15.9. The number of carbonyl (C=O) groups is 12. The molecule has 3 N–H and O–H groups in total. The van der Waals surface area contributed by atoms with Crippen molar-refractivity contribution in [3.05, 3.63) is 34.3 Å². The van der Waals surface area contributed by atoms with Crippen LogP contribution in [-0.4, -0.2) is 264 Å². The lowest BCUT2D eigenvalue weighted by Crippen LogP contribution is -2.65. The molecule has 3 saturated heterocycles. The molecular weight excluding hydrogens is 1360 g/mol. The van der Waals surface area contributed by atoms with Crippen molar-refractivity contribution in [3.63, 3.8) is 0 Å². The van der Waals surface area contributed by atoms with Crippen molar-refractivity contribution in [1.82, 2.24) is 60.0 Å². The molecule has 4 saturated carbocycles. The zero-order valence-electron chi connectivity index (χ0n) is 62.1. The van der Waals surface area contributed by atoms with E-state index in [1.807, 2.05) is 6.92 Å². The summed E-state index contributed by atoms with van der Waals surface area (Å²) in [6.45, 7) is 4.44. The number of nitrogens with one attached hydrogen (secondary N) is 3. The first kappa shape index (κ1) is 81.6. The Morgan fingerprint density at radius 1 is 0.641 bits per heavy atom. The van der Waals surface area contributed by atoms with Crippen molar-refractivity contribution in [2.45, 2.75) is 241 Å². The van der Waals surface area contributed by atoms with Gasteiger partial charge in [-0.1, -0.05) is 109 Å². The standard InChI is InChI=1S/C74H112ClF3N12O13/c1-11-46(3)62-70(100)84(6)44-60(93)82(4)45-61(94)85(7)56(39-47-24-15-13-16-25-47)68(98)83(5)43-58(91)79-54(33-31-48-30-32-52(53(75)38-48)74(76,77)78)67(97)90-42-51(103-12-2)40-55(90)65(95)81-73(34-19-20-35-73)72(102)88(10)64(50-26-17-14-18-27-50)71(101)86(8)57(69(99)89-36-21-22-37-89)41-59(92)87(9)63(66(96)80-62)49-28-23-29-49/h30,32,38,46-47,49-51,54-57,62-64H,11-29,31,33-37,39-45H2,1-10H3,(H,79,91)(H,80,96)(H,81,95)/t46-,51+,54-,55-,56-,57-,62-,63-,64-/m0/s1. The highest BCUT2D eigenvalue weighted by atomic mass is 35.5. The number of likely N-dealkylation sites (N-methyl/N-ethyl adjacent to an activating group) is 7. The van der Waals surface area contributed by atoms with Gasteiger partial charge in [0, 0.05) is 82.0 Å². The number of likely N-dealkylation sites (tertiary alicyclic amines) is 1. The minimum absolute atomic E-state index is 0.00983. The predicted octanol–water partition coefficient (Wildman–Crippen LogP) is 5.80. The van der Waals surface area contributed by atoms with Gasteiger partial charge in [0.25, 0.3) is 0 Å². The third-order valence-corrected chi connectivity index (χ3v) is 23.6. The van der Waals surface area contributed by atoms with Gasteiger partial charge in [-0.15, -0.1) is 0 Å². The molecule has 1 aromatic carbocycles. The zero-order valence-corrected chi connectivity index (χ0v) is 62.9. The topological polar surface area (TPSA) is 279 Å². The second-order valence-electron chi connectivity index (χ2n) is 30.4. The maximum absolute atomic E-state index is 15.9. The van der Waals surface area contributed by atoms with Crippen LogP contribution in [0.2, 0.25) is 5.02 Å². The van der Waals surface area contributed by atoms with E-state index in [1.54, 1.807) is 18.7 Å². The van der Waals surface area contributed by atoms with Crippen LogP contribution in [0.15, 0.2) is 18.2 Å². The lowest BCUT2D eigenvalue weighted by atomic mass is 9.78. The van der Waals surface area contributed by atoms with Crippen molar-refractivity contribution < 1.29 is 75.4 Å². The molecule has 7 fully saturated rings. The van der Waals surface area contributed by atoms with Crippen LogP contribution in [0.3, 0.4) is 0 Å². The Morgan fingerprint density at radius 2 is 1.24 bits per heavy atom. The van der Waals surface area contributed by atoms with Crippen molar-refractivity contribution in [2.75, 3.05) is 95.2 Å². The number of halogens is 4. The maximum Gasteiger partial charge on any atom is 0.417 e. The molecule has 574 valence electrons. The third-order valence-electron chi connectivity index (χ3n) is 23.3. The van der Waals surface area contributed by atoms with E-state index >= 15 is 28.8 Å². The summed E-state index contributed by atoms with van der Waals surface area (Å²) >= 11 is 6.19. The Hall–Kier alpha value is -7.10. The monoisotopic (exact) mass is 1470 g/mol. The minimum Gasteiger partial charge on any atom is -0.377 e. The van der Waals surface area contributed by atoms with Crippen molar-refractivity contribution in [3.8, 4) is 0 Å². The van der Waals surface area contributed by atoms with E-state index in [4.69, 9.17) is 16.3 Å². The summed E-state index contributed by atoms with van der Waals surface area (Å²) in [5, 5.41) is 8.24. The number of amides is 12. The summed E-state index contributed by atoms with van der Waals surface area (Å²) in [5.41, 5.74) is -2.41. The van der Waals surface area contributed by atoms with Crippen molar-refractivity contribution >= 4 is 82.5 Å². The third kappa shape index (κ3) is 19.9. The Kier molecular flexibility index (Phi) is 28.7. The highest BCUT2D eigenvalue weighted by molar-refractivity contribution is 6.31. The number of ether oxygens (including phenoxy) is 1. The predicted molar refractivity (Wildman–Crippen MR) is 378 cm³/mol. The minimum atomic E-state index is -4.77. The fourth-order valence-electron chi connectivity index (χ4n) is 16.6. The van der Waals surface area contributed by atoms with Gasteiger partial charge in [-0.05, 0) is 119 Å². The number of alkyl halides is 3. The van der Waals surface area contributed by atoms with Crippen molar-refractivity contribution in [2.24, 2.45) is 23.7 Å². The first-order valence-electron chi connectivity index (χ1n) is 37.6. The summed E-state index contributed by atoms with van der Waals surface area (Å²) in [5.74, 6) is -8.96. The Labute approximate surface area is 610 Å². The van der Waals surface area contributed by atoms with Crippen LogP contribution in [0.5, 0.6) is 0 Å². The first-order valence-corrected chi connectivity index (χ1v) is 38.0. The van der Waals surface area contributed by atoms with E-state index in [9.17, 15) is 41.9 Å². The van der Waals surface area contributed by atoms with Gasteiger partial charge >= 0.3 is 6.18 Å². The Morgan fingerprint density at radius 3 is 1.83 bits per heavy atom. The van der Waals surface area contributed by atoms with Gasteiger partial charge < -0.3 is 64.8 Å². The number of fused-ring (bicyclic) bond motifs is 1. The number of rotatable bonds is 12. The summed E-state index contributed by atoms with van der Waals surface area (Å²) in [4.78, 5) is 192. The van der Waals surface area contributed by atoms with Gasteiger partial charge in [-0.2, -0.15) is 13.2 Å².